The summed E-state index contributed by atoms with van der Waals surface area (Å²) in [7, 11) is 1.71. The van der Waals surface area contributed by atoms with Gasteiger partial charge in [-0.1, -0.05) is 48.5 Å². The smallest absolute Gasteiger partial charge is 0.409 e. The Morgan fingerprint density at radius 3 is 1.18 bits per heavy atom. The van der Waals surface area contributed by atoms with Crippen molar-refractivity contribution in [3.63, 3.8) is 0 Å². The van der Waals surface area contributed by atoms with Crippen LogP contribution in [0.3, 0.4) is 0 Å². The van der Waals surface area contributed by atoms with Crippen molar-refractivity contribution in [2.75, 3.05) is 172 Å². The molecular weight excluding hydrogens is 808 g/mol. The molecular formula is C45H72N2O15. The van der Waals surface area contributed by atoms with Crippen molar-refractivity contribution >= 4 is 12.2 Å². The Balaban J connectivity index is 0.941. The van der Waals surface area contributed by atoms with E-state index >= 15 is 0 Å². The van der Waals surface area contributed by atoms with Crippen molar-refractivity contribution in [2.24, 2.45) is 0 Å². The monoisotopic (exact) mass is 880 g/mol. The van der Waals surface area contributed by atoms with Gasteiger partial charge in [0.05, 0.1) is 145 Å². The molecule has 17 nitrogen and oxygen atoms in total. The Labute approximate surface area is 368 Å². The maximum atomic E-state index is 12.6. The summed E-state index contributed by atoms with van der Waals surface area (Å²) in [6.07, 6.45) is -0.825. The molecule has 0 saturated heterocycles. The van der Waals surface area contributed by atoms with E-state index in [1.807, 2.05) is 45.0 Å². The molecule has 62 heavy (non-hydrogen) atoms. The van der Waals surface area contributed by atoms with Crippen LogP contribution < -0.4 is 5.32 Å². The maximum absolute atomic E-state index is 12.6. The van der Waals surface area contributed by atoms with Gasteiger partial charge in [0, 0.05) is 26.1 Å². The number of nitrogens with one attached hydrogen (secondary N) is 1. The Morgan fingerprint density at radius 2 is 0.823 bits per heavy atom. The van der Waals surface area contributed by atoms with Gasteiger partial charge < -0.3 is 71.8 Å². The van der Waals surface area contributed by atoms with Crippen molar-refractivity contribution in [3.05, 3.63) is 59.7 Å². The van der Waals surface area contributed by atoms with E-state index < -0.39 is 11.7 Å². The molecule has 2 amide bonds. The molecule has 0 aromatic heterocycles. The number of alkyl carbamates (subject to hydrolysis) is 1. The van der Waals surface area contributed by atoms with Gasteiger partial charge in [0.15, 0.2) is 0 Å². The van der Waals surface area contributed by atoms with Gasteiger partial charge in [-0.3, -0.25) is 0 Å². The fourth-order valence-electron chi connectivity index (χ4n) is 5.84. The minimum Gasteiger partial charge on any atom is -0.448 e. The second kappa shape index (κ2) is 34.0. The summed E-state index contributed by atoms with van der Waals surface area (Å²) in [5.74, 6) is 0.0332. The molecule has 17 heteroatoms. The summed E-state index contributed by atoms with van der Waals surface area (Å²) >= 11 is 0. The molecule has 0 heterocycles. The third-order valence-electron chi connectivity index (χ3n) is 8.85. The summed E-state index contributed by atoms with van der Waals surface area (Å²) < 4.78 is 71.4. The first kappa shape index (κ1) is 52.9. The van der Waals surface area contributed by atoms with E-state index in [2.05, 4.69) is 29.6 Å². The highest BCUT2D eigenvalue weighted by Gasteiger charge is 2.29. The number of hydrogen-bond acceptors (Lipinski definition) is 15. The minimum atomic E-state index is -0.518. The van der Waals surface area contributed by atoms with Crippen molar-refractivity contribution in [3.8, 4) is 11.1 Å². The summed E-state index contributed by atoms with van der Waals surface area (Å²) in [5.41, 5.74) is 4.26. The van der Waals surface area contributed by atoms with E-state index in [1.54, 1.807) is 7.05 Å². The third kappa shape index (κ3) is 25.0. The van der Waals surface area contributed by atoms with Crippen LogP contribution in [0.5, 0.6) is 0 Å². The number of nitrogens with zero attached hydrogens (tertiary/aromatic N) is 1. The van der Waals surface area contributed by atoms with Crippen molar-refractivity contribution < 1.29 is 71.2 Å². The van der Waals surface area contributed by atoms with E-state index in [4.69, 9.17) is 61.6 Å². The Hall–Kier alpha value is -3.46. The summed E-state index contributed by atoms with van der Waals surface area (Å²) in [6, 6.07) is 16.6. The molecule has 1 aliphatic carbocycles. The molecule has 1 aliphatic rings. The number of fused-ring (bicyclic) bond motifs is 3. The molecule has 352 valence electrons. The van der Waals surface area contributed by atoms with Gasteiger partial charge in [0.1, 0.15) is 12.2 Å². The molecule has 1 N–H and O–H groups in total. The van der Waals surface area contributed by atoms with Crippen LogP contribution in [-0.2, 0) is 61.6 Å². The third-order valence-corrected chi connectivity index (χ3v) is 8.85. The fraction of sp³-hybridized carbons (Fsp3) is 0.689. The molecule has 0 spiro atoms. The average Bonchev–Trinajstić information content (AvgIpc) is 3.58. The zero-order valence-corrected chi connectivity index (χ0v) is 37.4. The standard InChI is InChI=1S/C45H72N2O15/c1-45(2,3)62-43(48)46-13-15-50-17-19-52-21-23-54-25-27-56-29-31-58-33-35-60-36-34-59-32-30-57-28-26-55-24-22-53-20-18-51-16-14-47(4)44(49)61-37-42-40-11-7-5-9-38(40)39-10-6-8-12-41(39)42/h5-12,42H,13-37H2,1-4H3,(H,46,48). The number of carbonyl (C=O) groups is 2. The number of benzene rings is 2. The van der Waals surface area contributed by atoms with Crippen LogP contribution in [0.25, 0.3) is 11.1 Å². The van der Waals surface area contributed by atoms with E-state index in [0.29, 0.717) is 165 Å². The number of hydrogen-bond donors (Lipinski definition) is 1. The first-order valence-corrected chi connectivity index (χ1v) is 21.6. The molecule has 0 atom stereocenters. The van der Waals surface area contributed by atoms with Crippen LogP contribution in [0.2, 0.25) is 0 Å². The number of amides is 2. The normalized spacial score (nSPS) is 12.3. The highest BCUT2D eigenvalue weighted by atomic mass is 16.6. The van der Waals surface area contributed by atoms with E-state index in [-0.39, 0.29) is 12.0 Å². The lowest BCUT2D eigenvalue weighted by molar-refractivity contribution is -0.0276. The SMILES string of the molecule is CN(CCOCCOCCOCCOCCOCCOCCOCCOCCOCCOCCOCCNC(=O)OC(C)(C)C)C(=O)OCC1c2ccccc2-c2ccccc21. The minimum absolute atomic E-state index is 0.0332. The highest BCUT2D eigenvalue weighted by molar-refractivity contribution is 5.79. The first-order chi connectivity index (χ1) is 30.3. The average molecular weight is 881 g/mol. The molecule has 0 fully saturated rings. The van der Waals surface area contributed by atoms with Gasteiger partial charge in [-0.25, -0.2) is 9.59 Å². The fourth-order valence-corrected chi connectivity index (χ4v) is 5.84. The lowest BCUT2D eigenvalue weighted by Crippen LogP contribution is -2.34. The lowest BCUT2D eigenvalue weighted by Gasteiger charge is -2.19. The van der Waals surface area contributed by atoms with Crippen LogP contribution >= 0.6 is 0 Å². The Morgan fingerprint density at radius 1 is 0.500 bits per heavy atom. The van der Waals surface area contributed by atoms with Crippen molar-refractivity contribution in [1.29, 1.82) is 0 Å². The van der Waals surface area contributed by atoms with Crippen LogP contribution in [-0.4, -0.2) is 195 Å². The Kier molecular flexibility index (Phi) is 29.0. The predicted molar refractivity (Wildman–Crippen MR) is 231 cm³/mol. The highest BCUT2D eigenvalue weighted by Crippen LogP contribution is 2.44. The number of likely N-dealkylation sites (N-methyl/N-ethyl adjacent to an activating group) is 1. The molecule has 0 saturated carbocycles. The Bertz CT molecular complexity index is 1400. The number of ether oxygens (including phenoxy) is 13. The number of carbonyl (C=O) groups excluding carboxylic acids is 2. The second-order valence-corrected chi connectivity index (χ2v) is 14.9. The molecule has 0 aliphatic heterocycles. The van der Waals surface area contributed by atoms with Crippen molar-refractivity contribution in [1.82, 2.24) is 10.2 Å². The van der Waals surface area contributed by atoms with Gasteiger partial charge in [0.2, 0.25) is 0 Å². The van der Waals surface area contributed by atoms with Gasteiger partial charge in [0.25, 0.3) is 0 Å². The molecule has 2 aromatic carbocycles. The zero-order valence-electron chi connectivity index (χ0n) is 37.4. The van der Waals surface area contributed by atoms with Gasteiger partial charge in [-0.15, -0.1) is 0 Å². The van der Waals surface area contributed by atoms with E-state index in [0.717, 1.165) is 0 Å². The van der Waals surface area contributed by atoms with Crippen LogP contribution in [0.15, 0.2) is 48.5 Å². The van der Waals surface area contributed by atoms with Crippen molar-refractivity contribution in [2.45, 2.75) is 32.3 Å². The van der Waals surface area contributed by atoms with Gasteiger partial charge in [-0.2, -0.15) is 0 Å². The van der Waals surface area contributed by atoms with E-state index in [9.17, 15) is 9.59 Å². The first-order valence-electron chi connectivity index (χ1n) is 21.6. The quantitative estimate of drug-likeness (QED) is 0.0931. The maximum Gasteiger partial charge on any atom is 0.409 e. The lowest BCUT2D eigenvalue weighted by atomic mass is 9.98. The molecule has 0 radical (unpaired) electrons. The second-order valence-electron chi connectivity index (χ2n) is 14.9. The summed E-state index contributed by atoms with van der Waals surface area (Å²) in [6.45, 7) is 16.6. The topological polar surface area (TPSA) is 169 Å². The molecule has 3 rings (SSSR count). The van der Waals surface area contributed by atoms with Crippen LogP contribution in [0, 0.1) is 0 Å². The predicted octanol–water partition coefficient (Wildman–Crippen LogP) is 4.57. The van der Waals surface area contributed by atoms with Crippen LogP contribution in [0.4, 0.5) is 9.59 Å². The number of rotatable bonds is 38. The zero-order chi connectivity index (χ0) is 44.4. The summed E-state index contributed by atoms with van der Waals surface area (Å²) in [5, 5.41) is 2.63. The van der Waals surface area contributed by atoms with E-state index in [1.165, 1.54) is 27.2 Å². The largest absolute Gasteiger partial charge is 0.448 e. The molecule has 0 unspecified atom stereocenters. The van der Waals surface area contributed by atoms with Crippen LogP contribution in [0.1, 0.15) is 37.8 Å². The molecule has 2 aromatic rings. The summed E-state index contributed by atoms with van der Waals surface area (Å²) in [4.78, 5) is 25.7. The van der Waals surface area contributed by atoms with Gasteiger partial charge in [-0.05, 0) is 43.0 Å². The van der Waals surface area contributed by atoms with Gasteiger partial charge >= 0.3 is 12.2 Å². The molecule has 0 bridgehead atoms.